The molecule has 2 amide bonds. The van der Waals surface area contributed by atoms with E-state index in [1.807, 2.05) is 0 Å². The minimum atomic E-state index is -0.645. The van der Waals surface area contributed by atoms with Gasteiger partial charge in [-0.2, -0.15) is 0 Å². The molecule has 3 N–H and O–H groups in total. The largest absolute Gasteiger partial charge is 0.354 e. The first-order valence-electron chi connectivity index (χ1n) is 11.0. The number of ketones is 1. The Bertz CT molecular complexity index is 1010. The number of carbonyl (C=O) groups is 3. The zero-order valence-corrected chi connectivity index (χ0v) is 18.4. The van der Waals surface area contributed by atoms with Crippen LogP contribution in [0.5, 0.6) is 0 Å². The summed E-state index contributed by atoms with van der Waals surface area (Å²) in [7, 11) is 0. The third-order valence-corrected chi connectivity index (χ3v) is 6.26. The number of amides is 2. The van der Waals surface area contributed by atoms with Crippen LogP contribution < -0.4 is 10.6 Å². The average molecular weight is 423 g/mol. The molecule has 2 aromatic heterocycles. The van der Waals surface area contributed by atoms with Gasteiger partial charge in [-0.05, 0) is 55.2 Å². The SMILES string of the molecule is Cc1c(C(=O)NC(CCC2CC2)C(=O)Nc2ccncc2)[nH]c2c1C(=O)CC(C)(C)C2. The number of rotatable bonds is 7. The van der Waals surface area contributed by atoms with Gasteiger partial charge in [-0.25, -0.2) is 0 Å². The molecule has 0 spiro atoms. The molecule has 1 unspecified atom stereocenters. The minimum Gasteiger partial charge on any atom is -0.354 e. The van der Waals surface area contributed by atoms with E-state index >= 15 is 0 Å². The van der Waals surface area contributed by atoms with Crippen LogP contribution in [0.1, 0.15) is 78.1 Å². The maximum atomic E-state index is 13.1. The van der Waals surface area contributed by atoms with Crippen molar-refractivity contribution in [3.63, 3.8) is 0 Å². The molecule has 1 saturated carbocycles. The topological polar surface area (TPSA) is 104 Å². The smallest absolute Gasteiger partial charge is 0.268 e. The number of aromatic nitrogens is 2. The fourth-order valence-electron chi connectivity index (χ4n) is 4.43. The number of pyridine rings is 1. The van der Waals surface area contributed by atoms with E-state index in [0.29, 0.717) is 41.3 Å². The van der Waals surface area contributed by atoms with Gasteiger partial charge in [0, 0.05) is 35.8 Å². The predicted octanol–water partition coefficient (Wildman–Crippen LogP) is 3.80. The van der Waals surface area contributed by atoms with E-state index in [2.05, 4.69) is 34.4 Å². The van der Waals surface area contributed by atoms with Gasteiger partial charge in [0.2, 0.25) is 5.91 Å². The van der Waals surface area contributed by atoms with Crippen LogP contribution in [0.15, 0.2) is 24.5 Å². The Morgan fingerprint density at radius 1 is 1.23 bits per heavy atom. The van der Waals surface area contributed by atoms with E-state index in [4.69, 9.17) is 0 Å². The van der Waals surface area contributed by atoms with Crippen molar-refractivity contribution >= 4 is 23.3 Å². The normalized spacial score (nSPS) is 18.2. The van der Waals surface area contributed by atoms with Gasteiger partial charge in [0.05, 0.1) is 0 Å². The molecule has 31 heavy (non-hydrogen) atoms. The lowest BCUT2D eigenvalue weighted by atomic mass is 9.75. The molecular weight excluding hydrogens is 392 g/mol. The number of aromatic amines is 1. The highest BCUT2D eigenvalue weighted by atomic mass is 16.2. The van der Waals surface area contributed by atoms with Gasteiger partial charge in [0.1, 0.15) is 11.7 Å². The first-order valence-corrected chi connectivity index (χ1v) is 11.0. The Labute approximate surface area is 182 Å². The minimum absolute atomic E-state index is 0.0692. The summed E-state index contributed by atoms with van der Waals surface area (Å²) in [6, 6.07) is 2.79. The highest BCUT2D eigenvalue weighted by Gasteiger charge is 2.36. The van der Waals surface area contributed by atoms with Crippen molar-refractivity contribution in [1.29, 1.82) is 0 Å². The summed E-state index contributed by atoms with van der Waals surface area (Å²) in [5.74, 6) is 0.127. The van der Waals surface area contributed by atoms with Crippen LogP contribution in [0.4, 0.5) is 5.69 Å². The molecule has 1 atom stereocenters. The second-order valence-corrected chi connectivity index (χ2v) is 9.69. The van der Waals surface area contributed by atoms with Crippen LogP contribution in [0.25, 0.3) is 0 Å². The lowest BCUT2D eigenvalue weighted by molar-refractivity contribution is -0.118. The molecule has 164 valence electrons. The van der Waals surface area contributed by atoms with Crippen molar-refractivity contribution < 1.29 is 14.4 Å². The van der Waals surface area contributed by atoms with Crippen LogP contribution >= 0.6 is 0 Å². The van der Waals surface area contributed by atoms with Gasteiger partial charge < -0.3 is 15.6 Å². The predicted molar refractivity (Wildman–Crippen MR) is 118 cm³/mol. The van der Waals surface area contributed by atoms with E-state index in [1.54, 1.807) is 31.5 Å². The van der Waals surface area contributed by atoms with Crippen LogP contribution in [0, 0.1) is 18.3 Å². The van der Waals surface area contributed by atoms with E-state index in [0.717, 1.165) is 18.5 Å². The molecule has 0 aliphatic heterocycles. The average Bonchev–Trinajstić information content (AvgIpc) is 3.47. The Balaban J connectivity index is 1.52. The van der Waals surface area contributed by atoms with Crippen LogP contribution in [0.2, 0.25) is 0 Å². The van der Waals surface area contributed by atoms with E-state index < -0.39 is 6.04 Å². The number of nitrogens with zero attached hydrogens (tertiary/aromatic N) is 1. The number of carbonyl (C=O) groups excluding carboxylic acids is 3. The molecule has 2 aliphatic rings. The highest BCUT2D eigenvalue weighted by molar-refractivity contribution is 6.06. The second-order valence-electron chi connectivity index (χ2n) is 9.69. The third kappa shape index (κ3) is 4.86. The molecule has 0 bridgehead atoms. The number of Topliss-reactive ketones (excluding diaryl/α,β-unsaturated/α-hetero) is 1. The molecule has 4 rings (SSSR count). The van der Waals surface area contributed by atoms with Crippen LogP contribution in [-0.2, 0) is 11.2 Å². The molecule has 2 aromatic rings. The van der Waals surface area contributed by atoms with Crippen molar-refractivity contribution in [2.75, 3.05) is 5.32 Å². The summed E-state index contributed by atoms with van der Waals surface area (Å²) in [5, 5.41) is 5.78. The lowest BCUT2D eigenvalue weighted by Gasteiger charge is -2.28. The third-order valence-electron chi connectivity index (χ3n) is 6.26. The Kier molecular flexibility index (Phi) is 5.69. The number of hydrogen-bond acceptors (Lipinski definition) is 4. The molecular formula is C24H30N4O3. The summed E-state index contributed by atoms with van der Waals surface area (Å²) in [4.78, 5) is 45.9. The van der Waals surface area contributed by atoms with E-state index in [1.165, 1.54) is 12.8 Å². The lowest BCUT2D eigenvalue weighted by Crippen LogP contribution is -2.44. The Morgan fingerprint density at radius 3 is 2.61 bits per heavy atom. The summed E-state index contributed by atoms with van der Waals surface area (Å²) in [6.07, 6.45) is 8.27. The second kappa shape index (κ2) is 8.29. The summed E-state index contributed by atoms with van der Waals surface area (Å²) in [6.45, 7) is 5.92. The fourth-order valence-corrected chi connectivity index (χ4v) is 4.43. The van der Waals surface area contributed by atoms with Gasteiger partial charge >= 0.3 is 0 Å². The van der Waals surface area contributed by atoms with Crippen LogP contribution in [-0.4, -0.2) is 33.6 Å². The zero-order valence-electron chi connectivity index (χ0n) is 18.4. The Hall–Kier alpha value is -2.96. The molecule has 7 nitrogen and oxygen atoms in total. The van der Waals surface area contributed by atoms with Gasteiger partial charge in [-0.15, -0.1) is 0 Å². The number of H-pyrrole nitrogens is 1. The van der Waals surface area contributed by atoms with Crippen molar-refractivity contribution in [3.05, 3.63) is 47.0 Å². The van der Waals surface area contributed by atoms with Crippen molar-refractivity contribution in [2.24, 2.45) is 11.3 Å². The van der Waals surface area contributed by atoms with Gasteiger partial charge in [-0.3, -0.25) is 19.4 Å². The highest BCUT2D eigenvalue weighted by Crippen LogP contribution is 2.37. The molecule has 0 radical (unpaired) electrons. The van der Waals surface area contributed by atoms with Gasteiger partial charge in [-0.1, -0.05) is 26.7 Å². The van der Waals surface area contributed by atoms with E-state index in [9.17, 15) is 14.4 Å². The van der Waals surface area contributed by atoms with Crippen molar-refractivity contribution in [3.8, 4) is 0 Å². The standard InChI is InChI=1S/C24H30N4O3/c1-14-20-18(12-24(2,3)13-19(20)29)27-21(14)23(31)28-17(7-6-15-4-5-15)22(30)26-16-8-10-25-11-9-16/h8-11,15,17,27H,4-7,12-13H2,1-3H3,(H,28,31)(H,25,26,30). The molecule has 7 heteroatoms. The molecule has 2 aliphatic carbocycles. The number of hydrogen-bond donors (Lipinski definition) is 3. The van der Waals surface area contributed by atoms with Gasteiger partial charge in [0.25, 0.3) is 5.91 Å². The van der Waals surface area contributed by atoms with Gasteiger partial charge in [0.15, 0.2) is 5.78 Å². The monoisotopic (exact) mass is 422 g/mol. The maximum Gasteiger partial charge on any atom is 0.268 e. The summed E-state index contributed by atoms with van der Waals surface area (Å²) in [5.41, 5.74) is 3.02. The number of nitrogens with one attached hydrogen (secondary N) is 3. The molecule has 0 saturated heterocycles. The number of fused-ring (bicyclic) bond motifs is 1. The van der Waals surface area contributed by atoms with Crippen LogP contribution in [0.3, 0.4) is 0 Å². The quantitative estimate of drug-likeness (QED) is 0.631. The molecule has 1 fully saturated rings. The maximum absolute atomic E-state index is 13.1. The molecule has 0 aromatic carbocycles. The summed E-state index contributed by atoms with van der Waals surface area (Å²) >= 11 is 0. The Morgan fingerprint density at radius 2 is 1.94 bits per heavy atom. The first-order chi connectivity index (χ1) is 14.7. The van der Waals surface area contributed by atoms with Crippen molar-refractivity contribution in [1.82, 2.24) is 15.3 Å². The molecule has 2 heterocycles. The van der Waals surface area contributed by atoms with E-state index in [-0.39, 0.29) is 23.0 Å². The first kappa shape index (κ1) is 21.3. The number of anilines is 1. The summed E-state index contributed by atoms with van der Waals surface area (Å²) < 4.78 is 0. The zero-order chi connectivity index (χ0) is 22.2. The fraction of sp³-hybridized carbons (Fsp3) is 0.500. The van der Waals surface area contributed by atoms with Crippen molar-refractivity contribution in [2.45, 2.75) is 65.3 Å².